The second kappa shape index (κ2) is 10.9. The lowest BCUT2D eigenvalue weighted by Crippen LogP contribution is -2.11. The molecule has 0 radical (unpaired) electrons. The summed E-state index contributed by atoms with van der Waals surface area (Å²) in [5.41, 5.74) is 9.87. The van der Waals surface area contributed by atoms with Crippen molar-refractivity contribution in [3.63, 3.8) is 0 Å². The van der Waals surface area contributed by atoms with E-state index in [9.17, 15) is 0 Å². The zero-order chi connectivity index (χ0) is 25.0. The third-order valence-electron chi connectivity index (χ3n) is 7.06. The van der Waals surface area contributed by atoms with Crippen molar-refractivity contribution in [3.8, 4) is 33.8 Å². The Hall–Kier alpha value is -2.74. The minimum Gasteiger partial charge on any atom is -0.457 e. The highest BCUT2D eigenvalue weighted by Gasteiger charge is 2.23. The van der Waals surface area contributed by atoms with Gasteiger partial charge < -0.3 is 9.47 Å². The molecule has 186 valence electrons. The Labute approximate surface area is 212 Å². The van der Waals surface area contributed by atoms with Gasteiger partial charge in [-0.05, 0) is 72.6 Å². The zero-order valence-corrected chi connectivity index (χ0v) is 22.6. The molecule has 2 nitrogen and oxygen atoms in total. The number of hydrogen-bond donors (Lipinski definition) is 0. The maximum Gasteiger partial charge on any atom is 0.230 e. The van der Waals surface area contributed by atoms with Crippen molar-refractivity contribution in [3.05, 3.63) is 70.8 Å². The predicted molar refractivity (Wildman–Crippen MR) is 149 cm³/mol. The standard InChI is InChI=1S/C33H42O2/c1-7-8-9-10-11-12-13-25-14-15-28-30-19-24(3)18-29(32(30)35-22-34-31(28)20-25)26-16-23(2)17-27(21-26)33(4,5)6/h14-21H,7-13,22H2,1-6H3. The van der Waals surface area contributed by atoms with E-state index in [1.807, 2.05) is 0 Å². The van der Waals surface area contributed by atoms with Gasteiger partial charge in [0, 0.05) is 16.7 Å². The van der Waals surface area contributed by atoms with Gasteiger partial charge in [0.05, 0.1) is 0 Å². The van der Waals surface area contributed by atoms with Crippen molar-refractivity contribution in [2.75, 3.05) is 6.79 Å². The van der Waals surface area contributed by atoms with E-state index in [4.69, 9.17) is 9.47 Å². The quantitative estimate of drug-likeness (QED) is 0.305. The largest absolute Gasteiger partial charge is 0.457 e. The van der Waals surface area contributed by atoms with Gasteiger partial charge in [0.15, 0.2) is 0 Å². The van der Waals surface area contributed by atoms with Gasteiger partial charge in [0.2, 0.25) is 6.79 Å². The van der Waals surface area contributed by atoms with Crippen LogP contribution in [0.4, 0.5) is 0 Å². The summed E-state index contributed by atoms with van der Waals surface area (Å²) < 4.78 is 12.4. The maximum absolute atomic E-state index is 6.29. The lowest BCUT2D eigenvalue weighted by molar-refractivity contribution is 0.125. The van der Waals surface area contributed by atoms with Gasteiger partial charge in [-0.25, -0.2) is 0 Å². The molecule has 1 aliphatic heterocycles. The number of unbranched alkanes of at least 4 members (excludes halogenated alkanes) is 5. The van der Waals surface area contributed by atoms with E-state index in [0.29, 0.717) is 0 Å². The molecule has 3 aromatic carbocycles. The van der Waals surface area contributed by atoms with Crippen LogP contribution in [-0.2, 0) is 11.8 Å². The lowest BCUT2D eigenvalue weighted by atomic mass is 9.83. The fourth-order valence-corrected chi connectivity index (χ4v) is 5.04. The fraction of sp³-hybridized carbons (Fsp3) is 0.455. The minimum absolute atomic E-state index is 0.0878. The number of fused-ring (bicyclic) bond motifs is 3. The summed E-state index contributed by atoms with van der Waals surface area (Å²) in [7, 11) is 0. The van der Waals surface area contributed by atoms with Crippen LogP contribution in [0.1, 0.15) is 88.5 Å². The van der Waals surface area contributed by atoms with Crippen LogP contribution < -0.4 is 9.47 Å². The summed E-state index contributed by atoms with van der Waals surface area (Å²) in [5.74, 6) is 1.85. The van der Waals surface area contributed by atoms with E-state index >= 15 is 0 Å². The van der Waals surface area contributed by atoms with Crippen LogP contribution in [0, 0.1) is 13.8 Å². The van der Waals surface area contributed by atoms with E-state index in [1.165, 1.54) is 66.3 Å². The van der Waals surface area contributed by atoms with Crippen LogP contribution in [0.15, 0.2) is 48.5 Å². The van der Waals surface area contributed by atoms with Gasteiger partial charge >= 0.3 is 0 Å². The first-order valence-electron chi connectivity index (χ1n) is 13.4. The van der Waals surface area contributed by atoms with E-state index in [1.54, 1.807) is 0 Å². The smallest absolute Gasteiger partial charge is 0.230 e. The number of aryl methyl sites for hydroxylation is 3. The van der Waals surface area contributed by atoms with Crippen LogP contribution in [0.2, 0.25) is 0 Å². The van der Waals surface area contributed by atoms with Gasteiger partial charge in [0.25, 0.3) is 0 Å². The Balaban J connectivity index is 1.67. The number of benzene rings is 3. The first-order valence-corrected chi connectivity index (χ1v) is 13.4. The molecular weight excluding hydrogens is 428 g/mol. The summed E-state index contributed by atoms with van der Waals surface area (Å²) in [5, 5.41) is 0. The summed E-state index contributed by atoms with van der Waals surface area (Å²) in [6.45, 7) is 13.7. The average Bonchev–Trinajstić information content (AvgIpc) is 2.99. The molecule has 0 N–H and O–H groups in total. The van der Waals surface area contributed by atoms with Gasteiger partial charge in [-0.3, -0.25) is 0 Å². The van der Waals surface area contributed by atoms with E-state index in [-0.39, 0.29) is 12.2 Å². The summed E-state index contributed by atoms with van der Waals surface area (Å²) in [4.78, 5) is 0. The Morgan fingerprint density at radius 3 is 2.20 bits per heavy atom. The Bertz CT molecular complexity index is 1170. The van der Waals surface area contributed by atoms with Crippen molar-refractivity contribution in [1.29, 1.82) is 0 Å². The molecule has 0 aliphatic carbocycles. The second-order valence-corrected chi connectivity index (χ2v) is 11.3. The van der Waals surface area contributed by atoms with Gasteiger partial charge in [-0.2, -0.15) is 0 Å². The SMILES string of the molecule is CCCCCCCCc1ccc2c(c1)OCOc1c(-c3cc(C)cc(C(C)(C)C)c3)cc(C)cc1-2. The van der Waals surface area contributed by atoms with Gasteiger partial charge in [-0.1, -0.05) is 95.7 Å². The van der Waals surface area contributed by atoms with Gasteiger partial charge in [-0.15, -0.1) is 0 Å². The Morgan fingerprint density at radius 2 is 1.43 bits per heavy atom. The molecule has 0 fully saturated rings. The summed E-state index contributed by atoms with van der Waals surface area (Å²) in [6.07, 6.45) is 9.00. The van der Waals surface area contributed by atoms with Crippen molar-refractivity contribution in [2.24, 2.45) is 0 Å². The highest BCUT2D eigenvalue weighted by molar-refractivity contribution is 5.86. The van der Waals surface area contributed by atoms with Crippen molar-refractivity contribution >= 4 is 0 Å². The third-order valence-corrected chi connectivity index (χ3v) is 7.06. The van der Waals surface area contributed by atoms with Crippen LogP contribution in [0.3, 0.4) is 0 Å². The van der Waals surface area contributed by atoms with E-state index < -0.39 is 0 Å². The average molecular weight is 471 g/mol. The van der Waals surface area contributed by atoms with Gasteiger partial charge in [0.1, 0.15) is 11.5 Å². The first-order chi connectivity index (χ1) is 16.8. The molecule has 35 heavy (non-hydrogen) atoms. The molecular formula is C33H42O2. The first kappa shape index (κ1) is 25.4. The van der Waals surface area contributed by atoms with Crippen LogP contribution in [0.5, 0.6) is 11.5 Å². The number of ether oxygens (including phenoxy) is 2. The van der Waals surface area contributed by atoms with E-state index in [0.717, 1.165) is 34.6 Å². The normalized spacial score (nSPS) is 12.9. The summed E-state index contributed by atoms with van der Waals surface area (Å²) in [6, 6.07) is 18.1. The molecule has 2 heteroatoms. The molecule has 0 unspecified atom stereocenters. The number of rotatable bonds is 8. The van der Waals surface area contributed by atoms with E-state index in [2.05, 4.69) is 90.1 Å². The molecule has 0 atom stereocenters. The molecule has 0 aromatic heterocycles. The zero-order valence-electron chi connectivity index (χ0n) is 22.6. The Kier molecular flexibility index (Phi) is 7.89. The highest BCUT2D eigenvalue weighted by atomic mass is 16.7. The molecule has 0 saturated heterocycles. The van der Waals surface area contributed by atoms with Crippen molar-refractivity contribution in [2.45, 2.75) is 91.9 Å². The molecule has 0 amide bonds. The topological polar surface area (TPSA) is 18.5 Å². The predicted octanol–water partition coefficient (Wildman–Crippen LogP) is 9.57. The molecule has 3 aromatic rings. The second-order valence-electron chi connectivity index (χ2n) is 11.3. The van der Waals surface area contributed by atoms with Crippen molar-refractivity contribution < 1.29 is 9.47 Å². The van der Waals surface area contributed by atoms with Crippen LogP contribution in [0.25, 0.3) is 22.3 Å². The third kappa shape index (κ3) is 6.10. The molecule has 0 saturated carbocycles. The molecule has 4 rings (SSSR count). The van der Waals surface area contributed by atoms with Crippen LogP contribution >= 0.6 is 0 Å². The molecule has 0 spiro atoms. The molecule has 1 heterocycles. The maximum atomic E-state index is 6.29. The number of hydrogen-bond acceptors (Lipinski definition) is 2. The van der Waals surface area contributed by atoms with Crippen LogP contribution in [-0.4, -0.2) is 6.79 Å². The Morgan fingerprint density at radius 1 is 0.714 bits per heavy atom. The minimum atomic E-state index is 0.0878. The monoisotopic (exact) mass is 470 g/mol. The summed E-state index contributed by atoms with van der Waals surface area (Å²) >= 11 is 0. The molecule has 1 aliphatic rings. The molecule has 0 bridgehead atoms. The highest BCUT2D eigenvalue weighted by Crippen LogP contribution is 2.46. The fourth-order valence-electron chi connectivity index (χ4n) is 5.04. The van der Waals surface area contributed by atoms with Crippen molar-refractivity contribution in [1.82, 2.24) is 0 Å². The lowest BCUT2D eigenvalue weighted by Gasteiger charge is -2.22.